The van der Waals surface area contributed by atoms with Gasteiger partial charge in [-0.3, -0.25) is 4.79 Å². The van der Waals surface area contributed by atoms with Gasteiger partial charge in [-0.1, -0.05) is 19.9 Å². The van der Waals surface area contributed by atoms with Crippen molar-refractivity contribution in [1.29, 1.82) is 0 Å². The lowest BCUT2D eigenvalue weighted by Gasteiger charge is -2.37. The van der Waals surface area contributed by atoms with E-state index < -0.39 is 59.1 Å². The number of para-hydroxylation sites is 1. The van der Waals surface area contributed by atoms with Crippen molar-refractivity contribution in [3.8, 4) is 34.3 Å². The number of aliphatic hydroxyl groups is 2. The fraction of sp³-hybridized carbons (Fsp3) is 0.333. The third kappa shape index (κ3) is 4.35. The second-order valence-electron chi connectivity index (χ2n) is 9.70. The van der Waals surface area contributed by atoms with E-state index in [2.05, 4.69) is 0 Å². The molecule has 0 saturated heterocycles. The van der Waals surface area contributed by atoms with Gasteiger partial charge in [0.2, 0.25) is 11.2 Å². The Balaban J connectivity index is 1.54. The molecule has 3 unspecified atom stereocenters. The molecule has 12 heteroatoms. The van der Waals surface area contributed by atoms with E-state index in [-0.39, 0.29) is 28.9 Å². The van der Waals surface area contributed by atoms with E-state index in [1.807, 2.05) is 13.8 Å². The van der Waals surface area contributed by atoms with Crippen LogP contribution in [-0.2, 0) is 6.42 Å². The molecule has 1 aromatic heterocycles. The van der Waals surface area contributed by atoms with Gasteiger partial charge in [0.05, 0.1) is 12.8 Å². The minimum Gasteiger partial charge on any atom is -0.493 e. The van der Waals surface area contributed by atoms with E-state index in [9.17, 15) is 29.3 Å². The summed E-state index contributed by atoms with van der Waals surface area (Å²) >= 11 is 0. The summed E-state index contributed by atoms with van der Waals surface area (Å²) in [7, 11) is 1.32. The number of methoxy groups -OCH3 is 1. The molecule has 0 bridgehead atoms. The first kappa shape index (κ1) is 26.4. The molecule has 206 valence electrons. The van der Waals surface area contributed by atoms with Crippen LogP contribution in [0.15, 0.2) is 41.3 Å². The molecule has 3 atom stereocenters. The summed E-state index contributed by atoms with van der Waals surface area (Å²) in [5, 5.41) is 30.6. The lowest BCUT2D eigenvalue weighted by Crippen LogP contribution is -2.57. The predicted octanol–water partition coefficient (Wildman–Crippen LogP) is 3.11. The lowest BCUT2D eigenvalue weighted by atomic mass is 9.86. The fourth-order valence-corrected chi connectivity index (χ4v) is 4.82. The number of hydrogen-bond donors (Lipinski definition) is 3. The Morgan fingerprint density at radius 2 is 2.00 bits per heavy atom. The maximum absolute atomic E-state index is 15.4. The molecule has 0 saturated carbocycles. The van der Waals surface area contributed by atoms with E-state index >= 15 is 4.39 Å². The molecule has 39 heavy (non-hydrogen) atoms. The minimum absolute atomic E-state index is 0.0782. The van der Waals surface area contributed by atoms with Gasteiger partial charge < -0.3 is 38.8 Å². The number of aromatic carboxylic acids is 1. The standard InChI is InChI=1S/C27H25F2NO9/c1-12(2)17-7-13-8-20(37-11-27(35)26(34)38-18-6-4-5-16(28)24(18)39-27)19(36-3)9-14(13)22-21(29)23(31)15(25(32)33)10-30(17)22/h4-6,8-10,12,17,26,34-35H,7,11H2,1-3H3,(H,32,33). The molecule has 3 N–H and O–H groups in total. The van der Waals surface area contributed by atoms with E-state index in [1.165, 1.54) is 35.9 Å². The number of aliphatic hydroxyl groups excluding tert-OH is 1. The summed E-state index contributed by atoms with van der Waals surface area (Å²) in [4.78, 5) is 24.1. The maximum Gasteiger partial charge on any atom is 0.341 e. The normalized spacial score (nSPS) is 21.2. The Labute approximate surface area is 220 Å². The van der Waals surface area contributed by atoms with Gasteiger partial charge in [-0.2, -0.15) is 0 Å². The topological polar surface area (TPSA) is 137 Å². The maximum atomic E-state index is 15.4. The number of rotatable bonds is 6. The zero-order chi connectivity index (χ0) is 28.2. The lowest BCUT2D eigenvalue weighted by molar-refractivity contribution is -0.288. The number of benzene rings is 2. The number of halogens is 2. The molecule has 0 aliphatic carbocycles. The van der Waals surface area contributed by atoms with E-state index in [4.69, 9.17) is 18.9 Å². The first-order valence-corrected chi connectivity index (χ1v) is 12.0. The number of nitrogens with zero attached hydrogens (tertiary/aromatic N) is 1. The molecular weight excluding hydrogens is 520 g/mol. The van der Waals surface area contributed by atoms with Crippen LogP contribution in [-0.4, -0.2) is 51.6 Å². The monoisotopic (exact) mass is 545 g/mol. The van der Waals surface area contributed by atoms with Crippen LogP contribution < -0.4 is 24.4 Å². The first-order valence-electron chi connectivity index (χ1n) is 12.0. The Bertz CT molecular complexity index is 1540. The molecule has 0 radical (unpaired) electrons. The molecule has 2 aliphatic rings. The largest absolute Gasteiger partial charge is 0.493 e. The summed E-state index contributed by atoms with van der Waals surface area (Å²) in [5.41, 5.74) is -1.12. The molecule has 0 spiro atoms. The molecule has 10 nitrogen and oxygen atoms in total. The van der Waals surface area contributed by atoms with Gasteiger partial charge in [-0.25, -0.2) is 13.6 Å². The molecule has 2 aliphatic heterocycles. The van der Waals surface area contributed by atoms with Crippen molar-refractivity contribution < 1.29 is 47.8 Å². The Hall–Kier alpha value is -4.16. The van der Waals surface area contributed by atoms with Crippen LogP contribution in [0.2, 0.25) is 0 Å². The van der Waals surface area contributed by atoms with E-state index in [0.717, 1.165) is 12.3 Å². The number of aromatic nitrogens is 1. The van der Waals surface area contributed by atoms with Gasteiger partial charge in [-0.15, -0.1) is 0 Å². The number of hydrogen-bond acceptors (Lipinski definition) is 8. The number of carbonyl (C=O) groups is 1. The Morgan fingerprint density at radius 3 is 2.67 bits per heavy atom. The van der Waals surface area contributed by atoms with Crippen LogP contribution in [0.5, 0.6) is 23.0 Å². The van der Waals surface area contributed by atoms with E-state index in [0.29, 0.717) is 17.5 Å². The van der Waals surface area contributed by atoms with Gasteiger partial charge in [0, 0.05) is 17.8 Å². The van der Waals surface area contributed by atoms with Crippen LogP contribution in [0.1, 0.15) is 35.8 Å². The average molecular weight is 545 g/mol. The van der Waals surface area contributed by atoms with Gasteiger partial charge in [-0.05, 0) is 42.2 Å². The second kappa shape index (κ2) is 9.54. The van der Waals surface area contributed by atoms with Crippen molar-refractivity contribution in [3.05, 3.63) is 69.5 Å². The molecule has 2 aromatic carbocycles. The highest BCUT2D eigenvalue weighted by Gasteiger charge is 2.47. The summed E-state index contributed by atoms with van der Waals surface area (Å²) in [5.74, 6) is -6.44. The van der Waals surface area contributed by atoms with Crippen molar-refractivity contribution in [2.45, 2.75) is 38.4 Å². The smallest absolute Gasteiger partial charge is 0.341 e. The summed E-state index contributed by atoms with van der Waals surface area (Å²) in [6, 6.07) is 6.38. The average Bonchev–Trinajstić information content (AvgIpc) is 2.89. The SMILES string of the molecule is COc1cc2c(cc1OCC1(O)Oc3c(F)cccc3OC1O)CC(C(C)C)n1cc(C(=O)O)c(=O)c(F)c1-2. The second-order valence-corrected chi connectivity index (χ2v) is 9.70. The third-order valence-electron chi connectivity index (χ3n) is 6.88. The van der Waals surface area contributed by atoms with Crippen LogP contribution in [0.3, 0.4) is 0 Å². The number of carboxylic acids is 1. The summed E-state index contributed by atoms with van der Waals surface area (Å²) in [6.45, 7) is 3.05. The van der Waals surface area contributed by atoms with Crippen molar-refractivity contribution in [3.63, 3.8) is 0 Å². The zero-order valence-corrected chi connectivity index (χ0v) is 21.1. The Kier molecular flexibility index (Phi) is 6.47. The molecule has 0 amide bonds. The summed E-state index contributed by atoms with van der Waals surface area (Å²) < 4.78 is 52.8. The van der Waals surface area contributed by atoms with Crippen molar-refractivity contribution in [2.24, 2.45) is 5.92 Å². The molecule has 5 rings (SSSR count). The molecule has 3 heterocycles. The number of carboxylic acid groups (broad SMARTS) is 1. The van der Waals surface area contributed by atoms with Gasteiger partial charge in [0.25, 0.3) is 6.29 Å². The zero-order valence-electron chi connectivity index (χ0n) is 21.1. The van der Waals surface area contributed by atoms with Crippen molar-refractivity contribution in [1.82, 2.24) is 4.57 Å². The highest BCUT2D eigenvalue weighted by molar-refractivity contribution is 5.88. The van der Waals surface area contributed by atoms with E-state index in [1.54, 1.807) is 0 Å². The highest BCUT2D eigenvalue weighted by atomic mass is 19.1. The van der Waals surface area contributed by atoms with Gasteiger partial charge in [0.15, 0.2) is 35.5 Å². The van der Waals surface area contributed by atoms with Crippen LogP contribution in [0.25, 0.3) is 11.3 Å². The van der Waals surface area contributed by atoms with Crippen LogP contribution >= 0.6 is 0 Å². The highest BCUT2D eigenvalue weighted by Crippen LogP contribution is 2.44. The summed E-state index contributed by atoms with van der Waals surface area (Å²) in [6.07, 6.45) is -0.439. The quantitative estimate of drug-likeness (QED) is 0.427. The van der Waals surface area contributed by atoms with Crippen molar-refractivity contribution in [2.75, 3.05) is 13.7 Å². The number of fused-ring (bicyclic) bond motifs is 4. The first-order chi connectivity index (χ1) is 18.4. The number of ether oxygens (including phenoxy) is 4. The molecule has 3 aromatic rings. The molecular formula is C27H25F2NO9. The Morgan fingerprint density at radius 1 is 1.26 bits per heavy atom. The minimum atomic E-state index is -2.49. The van der Waals surface area contributed by atoms with Gasteiger partial charge >= 0.3 is 11.8 Å². The number of pyridine rings is 1. The van der Waals surface area contributed by atoms with Gasteiger partial charge in [0.1, 0.15) is 5.56 Å². The molecule has 0 fully saturated rings. The third-order valence-corrected chi connectivity index (χ3v) is 6.88. The fourth-order valence-electron chi connectivity index (χ4n) is 4.82. The van der Waals surface area contributed by atoms with Crippen LogP contribution in [0.4, 0.5) is 8.78 Å². The van der Waals surface area contributed by atoms with Crippen LogP contribution in [0, 0.1) is 17.6 Å². The van der Waals surface area contributed by atoms with Crippen molar-refractivity contribution >= 4 is 5.97 Å². The predicted molar refractivity (Wildman–Crippen MR) is 131 cm³/mol.